The lowest BCUT2D eigenvalue weighted by Gasteiger charge is -2.61. The second-order valence-electron chi connectivity index (χ2n) is 17.6. The monoisotopic (exact) mass is 611 g/mol. The summed E-state index contributed by atoms with van der Waals surface area (Å²) in [6, 6.07) is 0.196. The molecular formula is C36H57N3O5. The number of hydrogen-bond acceptors (Lipinski definition) is 6. The van der Waals surface area contributed by atoms with E-state index in [-0.39, 0.29) is 30.1 Å². The molecule has 4 heterocycles. The first-order valence-electron chi connectivity index (χ1n) is 18.2. The molecule has 0 aromatic heterocycles. The predicted octanol–water partition coefficient (Wildman–Crippen LogP) is 4.71. The summed E-state index contributed by atoms with van der Waals surface area (Å²) in [7, 11) is 0. The molecule has 0 radical (unpaired) electrons. The van der Waals surface area contributed by atoms with E-state index in [0.29, 0.717) is 52.7 Å². The largest absolute Gasteiger partial charge is 0.380 e. The van der Waals surface area contributed by atoms with Crippen LogP contribution in [0.5, 0.6) is 0 Å². The number of carbonyl (C=O) groups is 2. The van der Waals surface area contributed by atoms with Gasteiger partial charge in [-0.15, -0.1) is 0 Å². The van der Waals surface area contributed by atoms with E-state index in [2.05, 4.69) is 43.2 Å². The fourth-order valence-electron chi connectivity index (χ4n) is 12.7. The molecule has 8 fully saturated rings. The summed E-state index contributed by atoms with van der Waals surface area (Å²) in [4.78, 5) is 27.6. The first-order chi connectivity index (χ1) is 21.0. The van der Waals surface area contributed by atoms with Crippen LogP contribution in [0.4, 0.5) is 0 Å². The predicted molar refractivity (Wildman–Crippen MR) is 166 cm³/mol. The van der Waals surface area contributed by atoms with E-state index in [9.17, 15) is 9.59 Å². The standard InChI is InChI=1S/C36H57N3O5/c1-22-7-12-36(43-16-22)23(2)32-29(44-36)14-28-26-6-5-24-13-25(8-10-33(24,3)27(26)9-11-34(28,32)4)38-31(41)15-30(40)37-21-39-17-35(18-39)19-42-20-35/h22-29,32H,5-21H2,1-4H3,(H,37,40)(H,38,41)/t22-,23-,24+,25+,26+,27-,28-,29-,32-,33-,34-,36+/m0/s1. The molecule has 2 amide bonds. The van der Waals surface area contributed by atoms with Gasteiger partial charge in [0, 0.05) is 36.9 Å². The molecule has 8 aliphatic rings. The van der Waals surface area contributed by atoms with Gasteiger partial charge in [0.05, 0.1) is 32.6 Å². The summed E-state index contributed by atoms with van der Waals surface area (Å²) in [5.41, 5.74) is 1.05. The van der Waals surface area contributed by atoms with Gasteiger partial charge in [-0.25, -0.2) is 0 Å². The Hall–Kier alpha value is -1.22. The highest BCUT2D eigenvalue weighted by atomic mass is 16.7. The normalized spacial score (nSPS) is 50.5. The third kappa shape index (κ3) is 4.65. The molecule has 8 heteroatoms. The molecule has 0 aromatic rings. The minimum atomic E-state index is -0.330. The number of nitrogens with one attached hydrogen (secondary N) is 2. The van der Waals surface area contributed by atoms with Gasteiger partial charge in [-0.3, -0.25) is 14.5 Å². The Kier molecular flexibility index (Phi) is 7.29. The van der Waals surface area contributed by atoms with Crippen LogP contribution in [0, 0.1) is 57.7 Å². The van der Waals surface area contributed by atoms with Crippen LogP contribution in [0.25, 0.3) is 0 Å². The lowest BCUT2D eigenvalue weighted by molar-refractivity contribution is -0.273. The quantitative estimate of drug-likeness (QED) is 0.438. The van der Waals surface area contributed by atoms with E-state index in [4.69, 9.17) is 14.2 Å². The molecule has 4 saturated carbocycles. The Bertz CT molecular complexity index is 1140. The fraction of sp³-hybridized carbons (Fsp3) is 0.944. The zero-order chi connectivity index (χ0) is 30.5. The first-order valence-corrected chi connectivity index (χ1v) is 18.2. The van der Waals surface area contributed by atoms with Crippen molar-refractivity contribution in [3.8, 4) is 0 Å². The third-order valence-corrected chi connectivity index (χ3v) is 15.1. The van der Waals surface area contributed by atoms with E-state index in [1.807, 2.05) is 0 Å². The molecule has 2 N–H and O–H groups in total. The van der Waals surface area contributed by atoms with Crippen molar-refractivity contribution < 1.29 is 23.8 Å². The Morgan fingerprint density at radius 3 is 2.41 bits per heavy atom. The molecule has 0 unspecified atom stereocenters. The third-order valence-electron chi connectivity index (χ3n) is 15.1. The number of carbonyl (C=O) groups excluding carboxylic acids is 2. The molecule has 4 aliphatic carbocycles. The maximum atomic E-state index is 12.9. The number of likely N-dealkylation sites (tertiary alicyclic amines) is 1. The topological polar surface area (TPSA) is 89.1 Å². The molecule has 2 spiro atoms. The number of nitrogens with zero attached hydrogens (tertiary/aromatic N) is 1. The SMILES string of the molecule is C[C@H]1CC[C@@]2(OC1)O[C@H]1C[C@H]3[C@@H]4CC[C@@H]5C[C@H](NC(=O)CC(=O)NCN6CC7(COC7)C6)CC[C@]5(C)[C@H]4CC[C@]3(C)[C@H]1[C@@H]2C. The maximum absolute atomic E-state index is 12.9. The van der Waals surface area contributed by atoms with Crippen LogP contribution in [-0.2, 0) is 23.8 Å². The summed E-state index contributed by atoms with van der Waals surface area (Å²) in [6.45, 7) is 15.0. The number of amides is 2. The van der Waals surface area contributed by atoms with E-state index >= 15 is 0 Å². The van der Waals surface area contributed by atoms with Gasteiger partial charge in [0.1, 0.15) is 6.42 Å². The Balaban J connectivity index is 0.848. The zero-order valence-electron chi connectivity index (χ0n) is 27.7. The molecule has 8 rings (SSSR count). The molecule has 12 atom stereocenters. The minimum Gasteiger partial charge on any atom is -0.380 e. The number of rotatable bonds is 5. The summed E-state index contributed by atoms with van der Waals surface area (Å²) < 4.78 is 18.8. The van der Waals surface area contributed by atoms with E-state index in [0.717, 1.165) is 69.9 Å². The van der Waals surface area contributed by atoms with Crippen molar-refractivity contribution >= 4 is 11.8 Å². The van der Waals surface area contributed by atoms with Gasteiger partial charge in [-0.2, -0.15) is 0 Å². The molecule has 0 bridgehead atoms. The average molecular weight is 612 g/mol. The molecule has 4 saturated heterocycles. The molecule has 0 aromatic carbocycles. The lowest BCUT2D eigenvalue weighted by Crippen LogP contribution is -2.67. The van der Waals surface area contributed by atoms with Crippen LogP contribution in [0.2, 0.25) is 0 Å². The summed E-state index contributed by atoms with van der Waals surface area (Å²) in [5, 5.41) is 6.21. The molecule has 44 heavy (non-hydrogen) atoms. The highest BCUT2D eigenvalue weighted by Gasteiger charge is 2.69. The lowest BCUT2D eigenvalue weighted by atomic mass is 9.44. The molecule has 8 nitrogen and oxygen atoms in total. The van der Waals surface area contributed by atoms with E-state index in [1.165, 1.54) is 44.9 Å². The Morgan fingerprint density at radius 1 is 0.886 bits per heavy atom. The Morgan fingerprint density at radius 2 is 1.68 bits per heavy atom. The van der Waals surface area contributed by atoms with E-state index < -0.39 is 0 Å². The minimum absolute atomic E-state index is 0.0698. The average Bonchev–Trinajstić information content (AvgIpc) is 3.38. The summed E-state index contributed by atoms with van der Waals surface area (Å²) >= 11 is 0. The van der Waals surface area contributed by atoms with Gasteiger partial charge in [0.2, 0.25) is 11.8 Å². The van der Waals surface area contributed by atoms with Crippen LogP contribution in [0.1, 0.15) is 98.3 Å². The highest BCUT2D eigenvalue weighted by molar-refractivity contribution is 5.96. The van der Waals surface area contributed by atoms with Crippen molar-refractivity contribution in [1.29, 1.82) is 0 Å². The number of fused-ring (bicyclic) bond motifs is 7. The van der Waals surface area contributed by atoms with Crippen molar-refractivity contribution in [2.75, 3.05) is 39.6 Å². The second kappa shape index (κ2) is 10.6. The highest BCUT2D eigenvalue weighted by Crippen LogP contribution is 2.71. The van der Waals surface area contributed by atoms with Crippen LogP contribution in [-0.4, -0.2) is 74.2 Å². The van der Waals surface area contributed by atoms with Gasteiger partial charge < -0.3 is 24.8 Å². The van der Waals surface area contributed by atoms with Gasteiger partial charge in [0.15, 0.2) is 5.79 Å². The van der Waals surface area contributed by atoms with Crippen molar-refractivity contribution in [2.24, 2.45) is 57.7 Å². The van der Waals surface area contributed by atoms with Crippen LogP contribution in [0.3, 0.4) is 0 Å². The van der Waals surface area contributed by atoms with Crippen molar-refractivity contribution in [3.63, 3.8) is 0 Å². The first kappa shape index (κ1) is 30.1. The Labute approximate surface area is 264 Å². The molecule has 246 valence electrons. The van der Waals surface area contributed by atoms with Crippen molar-refractivity contribution in [2.45, 2.75) is 116 Å². The zero-order valence-corrected chi connectivity index (χ0v) is 27.7. The number of hydrogen-bond donors (Lipinski definition) is 2. The molecule has 4 aliphatic heterocycles. The van der Waals surface area contributed by atoms with Gasteiger partial charge >= 0.3 is 0 Å². The van der Waals surface area contributed by atoms with Crippen LogP contribution >= 0.6 is 0 Å². The summed E-state index contributed by atoms with van der Waals surface area (Å²) in [5.74, 6) is 4.12. The van der Waals surface area contributed by atoms with E-state index in [1.54, 1.807) is 0 Å². The second-order valence-corrected chi connectivity index (χ2v) is 17.6. The molecular weight excluding hydrogens is 554 g/mol. The van der Waals surface area contributed by atoms with Crippen molar-refractivity contribution in [1.82, 2.24) is 15.5 Å². The van der Waals surface area contributed by atoms with Gasteiger partial charge in [-0.05, 0) is 104 Å². The van der Waals surface area contributed by atoms with Crippen LogP contribution < -0.4 is 10.6 Å². The van der Waals surface area contributed by atoms with Crippen LogP contribution in [0.15, 0.2) is 0 Å². The maximum Gasteiger partial charge on any atom is 0.230 e. The smallest absolute Gasteiger partial charge is 0.230 e. The summed E-state index contributed by atoms with van der Waals surface area (Å²) in [6.07, 6.45) is 12.4. The van der Waals surface area contributed by atoms with Crippen molar-refractivity contribution in [3.05, 3.63) is 0 Å². The number of ether oxygens (including phenoxy) is 3. The fourth-order valence-corrected chi connectivity index (χ4v) is 12.7. The van der Waals surface area contributed by atoms with Gasteiger partial charge in [-0.1, -0.05) is 27.7 Å². The van der Waals surface area contributed by atoms with Gasteiger partial charge in [0.25, 0.3) is 0 Å².